The lowest BCUT2D eigenvalue weighted by molar-refractivity contribution is -0.133. The molecule has 0 saturated carbocycles. The van der Waals surface area contributed by atoms with Gasteiger partial charge in [0, 0.05) is 4.47 Å². The Balaban J connectivity index is 1.74. The predicted molar refractivity (Wildman–Crippen MR) is 97.2 cm³/mol. The highest BCUT2D eigenvalue weighted by Gasteiger charge is 2.15. The fraction of sp³-hybridized carbons (Fsp3) is 0.222. The second-order valence-corrected chi connectivity index (χ2v) is 6.28. The Morgan fingerprint density at radius 1 is 1.08 bits per heavy atom. The maximum atomic E-state index is 12.0. The van der Waals surface area contributed by atoms with Crippen LogP contribution in [0, 0.1) is 6.92 Å². The molecule has 1 unspecified atom stereocenters. The fourth-order valence-electron chi connectivity index (χ4n) is 1.92. The van der Waals surface area contributed by atoms with Gasteiger partial charge in [-0.15, -0.1) is 0 Å². The first-order valence-corrected chi connectivity index (χ1v) is 8.44. The summed E-state index contributed by atoms with van der Waals surface area (Å²) in [5.41, 5.74) is 5.63. The Morgan fingerprint density at radius 2 is 1.80 bits per heavy atom. The van der Waals surface area contributed by atoms with Gasteiger partial charge in [0.05, 0.1) is 0 Å². The van der Waals surface area contributed by atoms with Crippen LogP contribution in [0.1, 0.15) is 12.5 Å². The molecular formula is C18H19BrN2O4. The Bertz CT molecular complexity index is 751. The van der Waals surface area contributed by atoms with Gasteiger partial charge in [-0.3, -0.25) is 20.4 Å². The standard InChI is InChI=1S/C18H19BrN2O4/c1-12-5-3-7-15(9-12)24-11-17(22)20-21-18(23)13(2)25-16-8-4-6-14(19)10-16/h3-10,13H,11H2,1-2H3,(H,20,22)(H,21,23). The highest BCUT2D eigenvalue weighted by Crippen LogP contribution is 2.18. The number of hydrogen-bond donors (Lipinski definition) is 2. The van der Waals surface area contributed by atoms with Crippen molar-refractivity contribution in [1.29, 1.82) is 0 Å². The van der Waals surface area contributed by atoms with Crippen molar-refractivity contribution in [2.75, 3.05) is 6.61 Å². The average Bonchev–Trinajstić information content (AvgIpc) is 2.58. The minimum absolute atomic E-state index is 0.204. The topological polar surface area (TPSA) is 76.7 Å². The van der Waals surface area contributed by atoms with Gasteiger partial charge in [0.25, 0.3) is 11.8 Å². The first kappa shape index (κ1) is 18.8. The van der Waals surface area contributed by atoms with Crippen LogP contribution in [-0.4, -0.2) is 24.5 Å². The summed E-state index contributed by atoms with van der Waals surface area (Å²) in [6.07, 6.45) is -0.771. The first-order chi connectivity index (χ1) is 11.9. The highest BCUT2D eigenvalue weighted by atomic mass is 79.9. The summed E-state index contributed by atoms with van der Waals surface area (Å²) >= 11 is 3.33. The van der Waals surface area contributed by atoms with E-state index in [2.05, 4.69) is 26.8 Å². The molecule has 0 fully saturated rings. The zero-order valence-electron chi connectivity index (χ0n) is 13.9. The summed E-state index contributed by atoms with van der Waals surface area (Å²) in [7, 11) is 0. The fourth-order valence-corrected chi connectivity index (χ4v) is 2.30. The van der Waals surface area contributed by atoms with Crippen molar-refractivity contribution >= 4 is 27.7 Å². The van der Waals surface area contributed by atoms with Gasteiger partial charge in [0.1, 0.15) is 11.5 Å². The Labute approximate surface area is 154 Å². The number of rotatable bonds is 6. The largest absolute Gasteiger partial charge is 0.484 e. The third kappa shape index (κ3) is 6.46. The van der Waals surface area contributed by atoms with Crippen LogP contribution in [0.4, 0.5) is 0 Å². The van der Waals surface area contributed by atoms with Crippen molar-refractivity contribution in [3.63, 3.8) is 0 Å². The number of nitrogens with one attached hydrogen (secondary N) is 2. The summed E-state index contributed by atoms with van der Waals surface area (Å²) in [6.45, 7) is 3.32. The molecule has 2 rings (SSSR count). The number of halogens is 1. The Hall–Kier alpha value is -2.54. The second kappa shape index (κ2) is 9.08. The molecule has 2 aromatic rings. The van der Waals surface area contributed by atoms with Crippen LogP contribution in [-0.2, 0) is 9.59 Å². The SMILES string of the molecule is Cc1cccc(OCC(=O)NNC(=O)C(C)Oc2cccc(Br)c2)c1. The van der Waals surface area contributed by atoms with Crippen LogP contribution in [0.5, 0.6) is 11.5 Å². The number of benzene rings is 2. The summed E-state index contributed by atoms with van der Waals surface area (Å²) in [4.78, 5) is 23.7. The van der Waals surface area contributed by atoms with Crippen LogP contribution >= 0.6 is 15.9 Å². The molecule has 0 radical (unpaired) electrons. The predicted octanol–water partition coefficient (Wildman–Crippen LogP) is 2.75. The number of aryl methyl sites for hydroxylation is 1. The molecule has 0 aliphatic carbocycles. The quantitative estimate of drug-likeness (QED) is 0.723. The summed E-state index contributed by atoms with van der Waals surface area (Å²) in [6, 6.07) is 14.5. The number of amides is 2. The molecule has 0 aromatic heterocycles. The third-order valence-corrected chi connectivity index (χ3v) is 3.66. The van der Waals surface area contributed by atoms with E-state index in [1.54, 1.807) is 31.2 Å². The molecule has 2 aromatic carbocycles. The van der Waals surface area contributed by atoms with Crippen molar-refractivity contribution in [1.82, 2.24) is 10.9 Å². The highest BCUT2D eigenvalue weighted by molar-refractivity contribution is 9.10. The second-order valence-electron chi connectivity index (χ2n) is 5.36. The zero-order valence-corrected chi connectivity index (χ0v) is 15.5. The van der Waals surface area contributed by atoms with Crippen LogP contribution in [0.25, 0.3) is 0 Å². The van der Waals surface area contributed by atoms with Crippen LogP contribution in [0.3, 0.4) is 0 Å². The van der Waals surface area contributed by atoms with Crippen LogP contribution in [0.2, 0.25) is 0 Å². The van der Waals surface area contributed by atoms with Gasteiger partial charge >= 0.3 is 0 Å². The van der Waals surface area contributed by atoms with E-state index in [1.165, 1.54) is 0 Å². The molecule has 25 heavy (non-hydrogen) atoms. The molecule has 0 aliphatic rings. The zero-order chi connectivity index (χ0) is 18.2. The lowest BCUT2D eigenvalue weighted by Crippen LogP contribution is -2.48. The number of ether oxygens (including phenoxy) is 2. The molecule has 0 bridgehead atoms. The Morgan fingerprint density at radius 3 is 2.52 bits per heavy atom. The number of carbonyl (C=O) groups excluding carboxylic acids is 2. The van der Waals surface area contributed by atoms with Gasteiger partial charge in [-0.2, -0.15) is 0 Å². The maximum absolute atomic E-state index is 12.0. The molecule has 7 heteroatoms. The lowest BCUT2D eigenvalue weighted by atomic mass is 10.2. The molecule has 132 valence electrons. The van der Waals surface area contributed by atoms with E-state index in [-0.39, 0.29) is 6.61 Å². The van der Waals surface area contributed by atoms with E-state index >= 15 is 0 Å². The molecule has 2 N–H and O–H groups in total. The van der Waals surface area contributed by atoms with Gasteiger partial charge in [0.15, 0.2) is 12.7 Å². The number of hydrazine groups is 1. The van der Waals surface area contributed by atoms with Crippen molar-refractivity contribution in [2.45, 2.75) is 20.0 Å². The van der Waals surface area contributed by atoms with Crippen molar-refractivity contribution in [3.8, 4) is 11.5 Å². The van der Waals surface area contributed by atoms with Crippen molar-refractivity contribution < 1.29 is 19.1 Å². The van der Waals surface area contributed by atoms with E-state index in [0.29, 0.717) is 11.5 Å². The average molecular weight is 407 g/mol. The molecule has 2 amide bonds. The molecule has 1 atom stereocenters. The molecule has 0 aliphatic heterocycles. The molecule has 6 nitrogen and oxygen atoms in total. The van der Waals surface area contributed by atoms with Gasteiger partial charge in [0.2, 0.25) is 0 Å². The number of hydrogen-bond acceptors (Lipinski definition) is 4. The third-order valence-electron chi connectivity index (χ3n) is 3.16. The molecule has 0 spiro atoms. The molecule has 0 saturated heterocycles. The van der Waals surface area contributed by atoms with Gasteiger partial charge in [-0.05, 0) is 49.7 Å². The Kier molecular flexibility index (Phi) is 6.82. The van der Waals surface area contributed by atoms with E-state index in [0.717, 1.165) is 10.0 Å². The smallest absolute Gasteiger partial charge is 0.279 e. The monoisotopic (exact) mass is 406 g/mol. The lowest BCUT2D eigenvalue weighted by Gasteiger charge is -2.15. The summed E-state index contributed by atoms with van der Waals surface area (Å²) in [5, 5.41) is 0. The van der Waals surface area contributed by atoms with Crippen molar-refractivity contribution in [2.24, 2.45) is 0 Å². The van der Waals surface area contributed by atoms with Gasteiger partial charge in [-0.25, -0.2) is 0 Å². The van der Waals surface area contributed by atoms with Crippen LogP contribution < -0.4 is 20.3 Å². The first-order valence-electron chi connectivity index (χ1n) is 7.64. The van der Waals surface area contributed by atoms with Gasteiger partial charge < -0.3 is 9.47 Å². The van der Waals surface area contributed by atoms with Crippen LogP contribution in [0.15, 0.2) is 53.0 Å². The minimum Gasteiger partial charge on any atom is -0.484 e. The van der Waals surface area contributed by atoms with Gasteiger partial charge in [-0.1, -0.05) is 34.1 Å². The normalized spacial score (nSPS) is 11.3. The minimum atomic E-state index is -0.771. The van der Waals surface area contributed by atoms with Crippen molar-refractivity contribution in [3.05, 3.63) is 58.6 Å². The van der Waals surface area contributed by atoms with E-state index in [9.17, 15) is 9.59 Å². The molecular weight excluding hydrogens is 388 g/mol. The van der Waals surface area contributed by atoms with E-state index in [4.69, 9.17) is 9.47 Å². The maximum Gasteiger partial charge on any atom is 0.279 e. The number of carbonyl (C=O) groups is 2. The molecule has 0 heterocycles. The van der Waals surface area contributed by atoms with E-state index in [1.807, 2.05) is 31.2 Å². The summed E-state index contributed by atoms with van der Waals surface area (Å²) < 4.78 is 11.7. The van der Waals surface area contributed by atoms with E-state index < -0.39 is 17.9 Å². The summed E-state index contributed by atoms with van der Waals surface area (Å²) in [5.74, 6) is 0.201.